The molecule has 2 unspecified atom stereocenters. The van der Waals surface area contributed by atoms with Crippen molar-refractivity contribution < 1.29 is 4.74 Å². The lowest BCUT2D eigenvalue weighted by molar-refractivity contribution is -0.0694. The quantitative estimate of drug-likeness (QED) is 0.778. The Morgan fingerprint density at radius 3 is 2.84 bits per heavy atom. The van der Waals surface area contributed by atoms with E-state index in [-0.39, 0.29) is 12.2 Å². The Balaban J connectivity index is 2.05. The number of halogens is 1. The highest BCUT2D eigenvalue weighted by atomic mass is 35.5. The molecule has 108 valence electrons. The number of hydrogen-bond donors (Lipinski definition) is 0. The van der Waals surface area contributed by atoms with Crippen molar-refractivity contribution in [2.75, 3.05) is 19.0 Å². The van der Waals surface area contributed by atoms with Crippen LogP contribution in [-0.4, -0.2) is 45.9 Å². The first-order valence-corrected chi connectivity index (χ1v) is 7.69. The molecule has 0 aromatic carbocycles. The first-order valence-electron chi connectivity index (χ1n) is 7.15. The number of hydrogen-bond acceptors (Lipinski definition) is 3. The lowest BCUT2D eigenvalue weighted by Crippen LogP contribution is -2.47. The van der Waals surface area contributed by atoms with E-state index in [0.29, 0.717) is 5.88 Å². The zero-order valence-electron chi connectivity index (χ0n) is 12.1. The Morgan fingerprint density at radius 2 is 2.21 bits per heavy atom. The summed E-state index contributed by atoms with van der Waals surface area (Å²) in [7, 11) is 0. The second-order valence-electron chi connectivity index (χ2n) is 5.21. The summed E-state index contributed by atoms with van der Waals surface area (Å²) in [5.74, 6) is 0.564. The topological polar surface area (TPSA) is 30.3 Å². The summed E-state index contributed by atoms with van der Waals surface area (Å²) in [6, 6.07) is 2.22. The first kappa shape index (κ1) is 14.8. The van der Waals surface area contributed by atoms with E-state index in [1.54, 1.807) is 0 Å². The van der Waals surface area contributed by atoms with Gasteiger partial charge in [0.25, 0.3) is 0 Å². The van der Waals surface area contributed by atoms with E-state index in [0.717, 1.165) is 32.6 Å². The molecule has 0 bridgehead atoms. The predicted molar refractivity (Wildman–Crippen MR) is 77.6 cm³/mol. The van der Waals surface area contributed by atoms with Crippen molar-refractivity contribution in [2.45, 2.75) is 52.5 Å². The van der Waals surface area contributed by atoms with E-state index in [1.807, 2.05) is 0 Å². The number of ether oxygens (including phenoxy) is 1. The van der Waals surface area contributed by atoms with E-state index in [1.165, 1.54) is 11.4 Å². The smallest absolute Gasteiger partial charge is 0.0841 e. The Hall–Kier alpha value is -0.580. The van der Waals surface area contributed by atoms with Crippen molar-refractivity contribution in [1.82, 2.24) is 14.7 Å². The molecule has 1 aromatic heterocycles. The molecular weight excluding hydrogens is 262 g/mol. The van der Waals surface area contributed by atoms with Gasteiger partial charge in [-0.15, -0.1) is 11.6 Å². The van der Waals surface area contributed by atoms with Crippen LogP contribution < -0.4 is 0 Å². The Morgan fingerprint density at radius 1 is 1.42 bits per heavy atom. The highest BCUT2D eigenvalue weighted by Crippen LogP contribution is 2.16. The lowest BCUT2D eigenvalue weighted by atomic mass is 10.2. The van der Waals surface area contributed by atoms with Gasteiger partial charge in [-0.3, -0.25) is 9.58 Å². The van der Waals surface area contributed by atoms with E-state index in [2.05, 4.69) is 41.5 Å². The van der Waals surface area contributed by atoms with Gasteiger partial charge in [-0.2, -0.15) is 5.10 Å². The monoisotopic (exact) mass is 285 g/mol. The fraction of sp³-hybridized carbons (Fsp3) is 0.786. The third-order valence-electron chi connectivity index (χ3n) is 3.54. The van der Waals surface area contributed by atoms with Crippen LogP contribution in [0.5, 0.6) is 0 Å². The molecule has 1 saturated heterocycles. The van der Waals surface area contributed by atoms with Crippen LogP contribution in [-0.2, 0) is 24.2 Å². The Bertz CT molecular complexity index is 407. The van der Waals surface area contributed by atoms with Crippen LogP contribution in [0.4, 0.5) is 0 Å². The van der Waals surface area contributed by atoms with Crippen LogP contribution in [0.25, 0.3) is 0 Å². The van der Waals surface area contributed by atoms with E-state index < -0.39 is 0 Å². The van der Waals surface area contributed by atoms with Gasteiger partial charge in [0.2, 0.25) is 0 Å². The van der Waals surface area contributed by atoms with Gasteiger partial charge in [0.15, 0.2) is 0 Å². The molecular formula is C14H24ClN3O. The fourth-order valence-corrected chi connectivity index (χ4v) is 2.84. The highest BCUT2D eigenvalue weighted by Gasteiger charge is 2.25. The third-order valence-corrected chi connectivity index (χ3v) is 3.88. The molecule has 2 rings (SSSR count). The van der Waals surface area contributed by atoms with Gasteiger partial charge in [-0.1, -0.05) is 6.92 Å². The second-order valence-corrected chi connectivity index (χ2v) is 5.52. The molecule has 1 fully saturated rings. The average molecular weight is 286 g/mol. The van der Waals surface area contributed by atoms with Gasteiger partial charge in [-0.25, -0.2) is 0 Å². The highest BCUT2D eigenvalue weighted by molar-refractivity contribution is 6.18. The molecule has 2 heterocycles. The molecule has 4 nitrogen and oxygen atoms in total. The number of aryl methyl sites for hydroxylation is 2. The van der Waals surface area contributed by atoms with Crippen LogP contribution in [0.1, 0.15) is 32.2 Å². The number of rotatable bonds is 5. The normalized spacial score (nSPS) is 24.8. The molecule has 5 heteroatoms. The van der Waals surface area contributed by atoms with Crippen LogP contribution in [0.3, 0.4) is 0 Å². The Labute approximate surface area is 120 Å². The summed E-state index contributed by atoms with van der Waals surface area (Å²) in [5, 5.41) is 4.60. The van der Waals surface area contributed by atoms with E-state index >= 15 is 0 Å². The number of nitrogens with zero attached hydrogens (tertiary/aromatic N) is 3. The maximum absolute atomic E-state index is 5.93. The van der Waals surface area contributed by atoms with Gasteiger partial charge in [0.05, 0.1) is 23.6 Å². The summed E-state index contributed by atoms with van der Waals surface area (Å²) in [4.78, 5) is 2.42. The lowest BCUT2D eigenvalue weighted by Gasteiger charge is -2.36. The molecule has 1 aliphatic rings. The minimum absolute atomic E-state index is 0.147. The number of morpholine rings is 1. The molecule has 0 amide bonds. The molecule has 0 saturated carbocycles. The van der Waals surface area contributed by atoms with Gasteiger partial charge >= 0.3 is 0 Å². The van der Waals surface area contributed by atoms with Crippen LogP contribution in [0, 0.1) is 0 Å². The first-order chi connectivity index (χ1) is 9.16. The third kappa shape index (κ3) is 3.71. The van der Waals surface area contributed by atoms with Crippen LogP contribution in [0.2, 0.25) is 0 Å². The largest absolute Gasteiger partial charge is 0.371 e. The molecule has 2 atom stereocenters. The predicted octanol–water partition coefficient (Wildman–Crippen LogP) is 2.29. The van der Waals surface area contributed by atoms with E-state index in [9.17, 15) is 0 Å². The number of alkyl halides is 1. The van der Waals surface area contributed by atoms with E-state index in [4.69, 9.17) is 16.3 Å². The minimum atomic E-state index is 0.147. The van der Waals surface area contributed by atoms with Crippen molar-refractivity contribution in [3.05, 3.63) is 17.5 Å². The van der Waals surface area contributed by atoms with Crippen molar-refractivity contribution in [2.24, 2.45) is 0 Å². The van der Waals surface area contributed by atoms with Crippen molar-refractivity contribution in [1.29, 1.82) is 0 Å². The van der Waals surface area contributed by atoms with Crippen LogP contribution in [0.15, 0.2) is 6.07 Å². The average Bonchev–Trinajstić information content (AvgIpc) is 2.80. The van der Waals surface area contributed by atoms with Gasteiger partial charge < -0.3 is 4.74 Å². The van der Waals surface area contributed by atoms with Gasteiger partial charge in [0.1, 0.15) is 0 Å². The summed E-state index contributed by atoms with van der Waals surface area (Å²) in [6.07, 6.45) is 1.39. The van der Waals surface area contributed by atoms with Crippen molar-refractivity contribution >= 4 is 11.6 Å². The van der Waals surface area contributed by atoms with Crippen LogP contribution >= 0.6 is 11.6 Å². The summed E-state index contributed by atoms with van der Waals surface area (Å²) in [5.41, 5.74) is 2.47. The standard InChI is InChI=1S/C14H24ClN3O/c1-4-12-6-13(18(5-2)16-12)9-17-8-11(3)19-14(7-15)10-17/h6,11,14H,4-5,7-10H2,1-3H3. The maximum Gasteiger partial charge on any atom is 0.0841 e. The summed E-state index contributed by atoms with van der Waals surface area (Å²) >= 11 is 5.93. The van der Waals surface area contributed by atoms with Gasteiger partial charge in [0, 0.05) is 32.1 Å². The molecule has 0 aliphatic carbocycles. The van der Waals surface area contributed by atoms with Crippen molar-refractivity contribution in [3.63, 3.8) is 0 Å². The fourth-order valence-electron chi connectivity index (χ4n) is 2.67. The Kier molecular flexibility index (Phi) is 5.25. The molecule has 1 aromatic rings. The minimum Gasteiger partial charge on any atom is -0.371 e. The summed E-state index contributed by atoms with van der Waals surface area (Å²) in [6.45, 7) is 10.1. The second kappa shape index (κ2) is 6.73. The SMILES string of the molecule is CCc1cc(CN2CC(C)OC(CCl)C2)n(CC)n1. The molecule has 19 heavy (non-hydrogen) atoms. The summed E-state index contributed by atoms with van der Waals surface area (Å²) < 4.78 is 7.90. The van der Waals surface area contributed by atoms with Crippen molar-refractivity contribution in [3.8, 4) is 0 Å². The molecule has 0 N–H and O–H groups in total. The number of aromatic nitrogens is 2. The molecule has 1 aliphatic heterocycles. The maximum atomic E-state index is 5.93. The van der Waals surface area contributed by atoms with Gasteiger partial charge in [-0.05, 0) is 26.3 Å². The zero-order chi connectivity index (χ0) is 13.8. The zero-order valence-corrected chi connectivity index (χ0v) is 12.9. The molecule has 0 radical (unpaired) electrons. The molecule has 0 spiro atoms.